The van der Waals surface area contributed by atoms with Gasteiger partial charge < -0.3 is 15.1 Å². The Labute approximate surface area is 163 Å². The van der Waals surface area contributed by atoms with Crippen molar-refractivity contribution in [3.63, 3.8) is 0 Å². The van der Waals surface area contributed by atoms with Crippen molar-refractivity contribution < 1.29 is 14.0 Å². The standard InChI is InChI=1S/C21H23FN4O2/c1-24-13-19(27)26(16-7-3-2-4-8-16)15-21(24)11-12-25(14-21)20(28)23-18-10-6-5-9-17(18)22/h2-10H,11-15H2,1H3,(H,23,28). The highest BCUT2D eigenvalue weighted by atomic mass is 19.1. The Hall–Kier alpha value is -2.93. The molecule has 3 amide bonds. The van der Waals surface area contributed by atoms with Gasteiger partial charge in [0.1, 0.15) is 5.82 Å². The summed E-state index contributed by atoms with van der Waals surface area (Å²) in [5, 5.41) is 2.65. The number of carbonyl (C=O) groups excluding carboxylic acids is 2. The van der Waals surface area contributed by atoms with Crippen LogP contribution in [-0.2, 0) is 4.79 Å². The molecule has 1 unspecified atom stereocenters. The van der Waals surface area contributed by atoms with Crippen LogP contribution in [0.2, 0.25) is 0 Å². The Bertz CT molecular complexity index is 891. The maximum absolute atomic E-state index is 13.8. The number of hydrogen-bond acceptors (Lipinski definition) is 3. The lowest BCUT2D eigenvalue weighted by molar-refractivity contribution is -0.123. The van der Waals surface area contributed by atoms with Gasteiger partial charge >= 0.3 is 6.03 Å². The Kier molecular flexibility index (Phi) is 4.77. The van der Waals surface area contributed by atoms with Gasteiger partial charge in [-0.3, -0.25) is 9.69 Å². The molecule has 0 saturated carbocycles. The number of benzene rings is 2. The van der Waals surface area contributed by atoms with Gasteiger partial charge in [0, 0.05) is 25.3 Å². The third-order valence-corrected chi connectivity index (χ3v) is 5.74. The van der Waals surface area contributed by atoms with Crippen molar-refractivity contribution in [2.75, 3.05) is 43.4 Å². The molecule has 28 heavy (non-hydrogen) atoms. The number of rotatable bonds is 2. The first-order valence-corrected chi connectivity index (χ1v) is 9.36. The molecule has 2 aliphatic heterocycles. The van der Waals surface area contributed by atoms with E-state index in [1.165, 1.54) is 6.07 Å². The Balaban J connectivity index is 1.50. The van der Waals surface area contributed by atoms with E-state index in [-0.39, 0.29) is 23.2 Å². The Morgan fingerprint density at radius 2 is 1.79 bits per heavy atom. The van der Waals surface area contributed by atoms with E-state index < -0.39 is 5.82 Å². The SMILES string of the molecule is CN1CC(=O)N(c2ccccc2)CC12CCN(C(=O)Nc1ccccc1F)C2. The monoisotopic (exact) mass is 382 g/mol. The van der Waals surface area contributed by atoms with Crippen molar-refractivity contribution in [3.8, 4) is 0 Å². The third kappa shape index (κ3) is 3.33. The molecule has 0 radical (unpaired) electrons. The van der Waals surface area contributed by atoms with Crippen LogP contribution < -0.4 is 10.2 Å². The summed E-state index contributed by atoms with van der Waals surface area (Å²) in [5.41, 5.74) is 0.733. The largest absolute Gasteiger partial charge is 0.323 e. The van der Waals surface area contributed by atoms with E-state index in [9.17, 15) is 14.0 Å². The zero-order chi connectivity index (χ0) is 19.7. The molecule has 2 aromatic carbocycles. The normalized spacial score (nSPS) is 22.7. The summed E-state index contributed by atoms with van der Waals surface area (Å²) >= 11 is 0. The molecule has 2 fully saturated rings. The van der Waals surface area contributed by atoms with Crippen molar-refractivity contribution in [1.82, 2.24) is 9.80 Å². The molecular formula is C21H23FN4O2. The number of hydrogen-bond donors (Lipinski definition) is 1. The number of amides is 3. The number of para-hydroxylation sites is 2. The number of urea groups is 1. The van der Waals surface area contributed by atoms with Crippen LogP contribution in [0.25, 0.3) is 0 Å². The van der Waals surface area contributed by atoms with Gasteiger partial charge in [0.25, 0.3) is 0 Å². The van der Waals surface area contributed by atoms with E-state index in [4.69, 9.17) is 0 Å². The molecule has 6 nitrogen and oxygen atoms in total. The molecule has 1 spiro atoms. The highest BCUT2D eigenvalue weighted by molar-refractivity contribution is 5.96. The molecule has 2 saturated heterocycles. The van der Waals surface area contributed by atoms with Crippen molar-refractivity contribution in [1.29, 1.82) is 0 Å². The summed E-state index contributed by atoms with van der Waals surface area (Å²) in [4.78, 5) is 30.8. The number of likely N-dealkylation sites (tertiary alicyclic amines) is 1. The van der Waals surface area contributed by atoms with Crippen LogP contribution >= 0.6 is 0 Å². The molecule has 1 N–H and O–H groups in total. The fourth-order valence-corrected chi connectivity index (χ4v) is 4.03. The van der Waals surface area contributed by atoms with Crippen molar-refractivity contribution in [3.05, 3.63) is 60.4 Å². The predicted octanol–water partition coefficient (Wildman–Crippen LogP) is 2.78. The minimum Gasteiger partial charge on any atom is -0.323 e. The molecule has 0 aromatic heterocycles. The van der Waals surface area contributed by atoms with Gasteiger partial charge in [0.2, 0.25) is 5.91 Å². The van der Waals surface area contributed by atoms with Gasteiger partial charge in [-0.15, -0.1) is 0 Å². The summed E-state index contributed by atoms with van der Waals surface area (Å²) < 4.78 is 13.8. The van der Waals surface area contributed by atoms with Gasteiger partial charge in [-0.05, 0) is 37.7 Å². The van der Waals surface area contributed by atoms with Gasteiger partial charge in [0.05, 0.1) is 17.8 Å². The number of nitrogens with one attached hydrogen (secondary N) is 1. The van der Waals surface area contributed by atoms with Crippen LogP contribution in [0, 0.1) is 5.82 Å². The molecular weight excluding hydrogens is 359 g/mol. The fraction of sp³-hybridized carbons (Fsp3) is 0.333. The average molecular weight is 382 g/mol. The summed E-state index contributed by atoms with van der Waals surface area (Å²) in [7, 11) is 1.93. The van der Waals surface area contributed by atoms with Crippen LogP contribution in [0.15, 0.2) is 54.6 Å². The van der Waals surface area contributed by atoms with Crippen molar-refractivity contribution in [2.45, 2.75) is 12.0 Å². The maximum Gasteiger partial charge on any atom is 0.321 e. The van der Waals surface area contributed by atoms with Gasteiger partial charge in [-0.2, -0.15) is 0 Å². The number of likely N-dealkylation sites (N-methyl/N-ethyl adjacent to an activating group) is 1. The Morgan fingerprint density at radius 1 is 1.07 bits per heavy atom. The molecule has 0 aliphatic carbocycles. The van der Waals surface area contributed by atoms with Crippen LogP contribution in [0.4, 0.5) is 20.6 Å². The molecule has 2 aliphatic rings. The molecule has 0 bridgehead atoms. The summed E-state index contributed by atoms with van der Waals surface area (Å²) in [6.07, 6.45) is 0.755. The second-order valence-electron chi connectivity index (χ2n) is 7.48. The highest BCUT2D eigenvalue weighted by Gasteiger charge is 2.48. The summed E-state index contributed by atoms with van der Waals surface area (Å²) in [5.74, 6) is -0.408. The topological polar surface area (TPSA) is 55.9 Å². The molecule has 146 valence electrons. The molecule has 1 atom stereocenters. The van der Waals surface area contributed by atoms with Crippen molar-refractivity contribution >= 4 is 23.3 Å². The number of halogens is 1. The van der Waals surface area contributed by atoms with Crippen LogP contribution in [-0.4, -0.2) is 60.5 Å². The molecule has 4 rings (SSSR count). The fourth-order valence-electron chi connectivity index (χ4n) is 4.03. The zero-order valence-corrected chi connectivity index (χ0v) is 15.8. The van der Waals surface area contributed by atoms with E-state index in [0.717, 1.165) is 12.1 Å². The van der Waals surface area contributed by atoms with E-state index in [1.807, 2.05) is 42.3 Å². The maximum atomic E-state index is 13.8. The zero-order valence-electron chi connectivity index (χ0n) is 15.8. The Morgan fingerprint density at radius 3 is 2.54 bits per heavy atom. The third-order valence-electron chi connectivity index (χ3n) is 5.74. The number of carbonyl (C=O) groups is 2. The lowest BCUT2D eigenvalue weighted by atomic mass is 9.92. The average Bonchev–Trinajstić information content (AvgIpc) is 3.13. The predicted molar refractivity (Wildman–Crippen MR) is 106 cm³/mol. The van der Waals surface area contributed by atoms with E-state index in [1.54, 1.807) is 28.0 Å². The van der Waals surface area contributed by atoms with Crippen molar-refractivity contribution in [2.24, 2.45) is 0 Å². The minimum absolute atomic E-state index is 0.0496. The second-order valence-corrected chi connectivity index (χ2v) is 7.48. The smallest absolute Gasteiger partial charge is 0.321 e. The van der Waals surface area contributed by atoms with Gasteiger partial charge in [-0.1, -0.05) is 30.3 Å². The number of nitrogens with zero attached hydrogens (tertiary/aromatic N) is 3. The second kappa shape index (κ2) is 7.24. The lowest BCUT2D eigenvalue weighted by Gasteiger charge is -2.46. The quantitative estimate of drug-likeness (QED) is 0.869. The number of piperazine rings is 1. The summed E-state index contributed by atoms with van der Waals surface area (Å²) in [6, 6.07) is 15.4. The minimum atomic E-state index is -0.458. The van der Waals surface area contributed by atoms with Crippen LogP contribution in [0.3, 0.4) is 0 Å². The van der Waals surface area contributed by atoms with Gasteiger partial charge in [-0.25, -0.2) is 9.18 Å². The lowest BCUT2D eigenvalue weighted by Crippen LogP contribution is -2.64. The molecule has 2 heterocycles. The van der Waals surface area contributed by atoms with E-state index >= 15 is 0 Å². The van der Waals surface area contributed by atoms with Crippen LogP contribution in [0.1, 0.15) is 6.42 Å². The molecule has 7 heteroatoms. The first-order chi connectivity index (χ1) is 13.5. The number of anilines is 2. The van der Waals surface area contributed by atoms with E-state index in [0.29, 0.717) is 26.2 Å². The molecule has 2 aromatic rings. The summed E-state index contributed by atoms with van der Waals surface area (Å²) in [6.45, 7) is 1.87. The van der Waals surface area contributed by atoms with E-state index in [2.05, 4.69) is 5.32 Å². The highest BCUT2D eigenvalue weighted by Crippen LogP contribution is 2.33. The van der Waals surface area contributed by atoms with Gasteiger partial charge in [0.15, 0.2) is 0 Å². The first-order valence-electron chi connectivity index (χ1n) is 9.36. The first kappa shape index (κ1) is 18.4. The van der Waals surface area contributed by atoms with Crippen LogP contribution in [0.5, 0.6) is 0 Å².